The Morgan fingerprint density at radius 2 is 2.33 bits per heavy atom. The van der Waals surface area contributed by atoms with E-state index in [2.05, 4.69) is 30.9 Å². The number of rotatable bonds is 4. The van der Waals surface area contributed by atoms with Gasteiger partial charge in [0.1, 0.15) is 0 Å². The molecule has 12 heavy (non-hydrogen) atoms. The molecule has 1 aliphatic rings. The number of allylic oxidation sites excluding steroid dienone is 5. The average Bonchev–Trinajstić information content (AvgIpc) is 2.16. The number of halogens is 1. The van der Waals surface area contributed by atoms with Crippen LogP contribution in [0, 0.1) is 5.41 Å². The maximum absolute atomic E-state index is 5.66. The molecular formula is C11H15Cl. The summed E-state index contributed by atoms with van der Waals surface area (Å²) in [7, 11) is 0. The van der Waals surface area contributed by atoms with E-state index >= 15 is 0 Å². The zero-order chi connectivity index (χ0) is 8.86. The van der Waals surface area contributed by atoms with Gasteiger partial charge in [-0.3, -0.25) is 0 Å². The molecule has 0 fully saturated rings. The first kappa shape index (κ1) is 9.60. The van der Waals surface area contributed by atoms with Gasteiger partial charge >= 0.3 is 0 Å². The van der Waals surface area contributed by atoms with Crippen molar-refractivity contribution in [3.63, 3.8) is 0 Å². The highest BCUT2D eigenvalue weighted by molar-refractivity contribution is 6.17. The Morgan fingerprint density at radius 3 is 2.83 bits per heavy atom. The van der Waals surface area contributed by atoms with Crippen molar-refractivity contribution >= 4 is 11.6 Å². The Kier molecular flexibility index (Phi) is 3.61. The Morgan fingerprint density at radius 1 is 1.50 bits per heavy atom. The molecule has 0 amide bonds. The molecule has 1 heteroatoms. The van der Waals surface area contributed by atoms with Crippen molar-refractivity contribution in [2.75, 3.05) is 5.88 Å². The molecule has 66 valence electrons. The van der Waals surface area contributed by atoms with Crippen LogP contribution in [0.25, 0.3) is 0 Å². The molecule has 0 aromatic carbocycles. The molecule has 0 aromatic rings. The minimum atomic E-state index is 0.184. The summed E-state index contributed by atoms with van der Waals surface area (Å²) in [5, 5.41) is 0. The Hall–Kier alpha value is -0.490. The molecule has 0 saturated heterocycles. The van der Waals surface area contributed by atoms with Crippen molar-refractivity contribution in [2.45, 2.75) is 19.3 Å². The summed E-state index contributed by atoms with van der Waals surface area (Å²) < 4.78 is 0. The van der Waals surface area contributed by atoms with E-state index in [0.717, 1.165) is 25.1 Å². The lowest BCUT2D eigenvalue weighted by Gasteiger charge is -2.27. The zero-order valence-electron chi connectivity index (χ0n) is 7.30. The third kappa shape index (κ3) is 2.25. The van der Waals surface area contributed by atoms with Gasteiger partial charge in [0.05, 0.1) is 0 Å². The predicted octanol–water partition coefficient (Wildman–Crippen LogP) is 3.69. The molecule has 0 aliphatic heterocycles. The monoisotopic (exact) mass is 182 g/mol. The summed E-state index contributed by atoms with van der Waals surface area (Å²) in [5.41, 5.74) is 0.184. The lowest BCUT2D eigenvalue weighted by Crippen LogP contribution is -2.15. The maximum atomic E-state index is 5.66. The SMILES string of the molecule is C=CC1(CCCCl)C=CC=CC1. The van der Waals surface area contributed by atoms with Crippen molar-refractivity contribution in [1.29, 1.82) is 0 Å². The zero-order valence-corrected chi connectivity index (χ0v) is 8.06. The van der Waals surface area contributed by atoms with Crippen LogP contribution >= 0.6 is 11.6 Å². The van der Waals surface area contributed by atoms with Crippen molar-refractivity contribution in [1.82, 2.24) is 0 Å². The van der Waals surface area contributed by atoms with Gasteiger partial charge in [-0.25, -0.2) is 0 Å². The molecule has 1 unspecified atom stereocenters. The molecule has 1 rings (SSSR count). The van der Waals surface area contributed by atoms with Crippen LogP contribution in [-0.4, -0.2) is 5.88 Å². The first-order chi connectivity index (χ1) is 5.83. The minimum absolute atomic E-state index is 0.184. The molecule has 1 atom stereocenters. The maximum Gasteiger partial charge on any atom is 0.0223 e. The fourth-order valence-electron chi connectivity index (χ4n) is 1.52. The number of hydrogen-bond acceptors (Lipinski definition) is 0. The highest BCUT2D eigenvalue weighted by atomic mass is 35.5. The molecule has 0 nitrogen and oxygen atoms in total. The van der Waals surface area contributed by atoms with Gasteiger partial charge < -0.3 is 0 Å². The summed E-state index contributed by atoms with van der Waals surface area (Å²) in [6.07, 6.45) is 13.9. The Labute approximate surface area is 79.6 Å². The standard InChI is InChI=1S/C11H15Cl/c1-2-11(9-6-10-12)7-4-3-5-8-11/h2-5,7H,1,6,8-10H2. The molecular weight excluding hydrogens is 168 g/mol. The lowest BCUT2D eigenvalue weighted by atomic mass is 9.78. The van der Waals surface area contributed by atoms with E-state index in [1.807, 2.05) is 6.08 Å². The van der Waals surface area contributed by atoms with Crippen molar-refractivity contribution in [3.8, 4) is 0 Å². The molecule has 0 spiro atoms. The van der Waals surface area contributed by atoms with Crippen LogP contribution in [-0.2, 0) is 0 Å². The van der Waals surface area contributed by atoms with E-state index in [4.69, 9.17) is 11.6 Å². The molecule has 0 radical (unpaired) electrons. The average molecular weight is 183 g/mol. The largest absolute Gasteiger partial charge is 0.127 e. The van der Waals surface area contributed by atoms with Gasteiger partial charge in [-0.05, 0) is 19.3 Å². The van der Waals surface area contributed by atoms with E-state index in [9.17, 15) is 0 Å². The van der Waals surface area contributed by atoms with Crippen molar-refractivity contribution < 1.29 is 0 Å². The third-order valence-corrected chi connectivity index (χ3v) is 2.62. The molecule has 0 heterocycles. The van der Waals surface area contributed by atoms with E-state index < -0.39 is 0 Å². The van der Waals surface area contributed by atoms with Crippen LogP contribution in [0.15, 0.2) is 37.0 Å². The first-order valence-electron chi connectivity index (χ1n) is 4.37. The van der Waals surface area contributed by atoms with E-state index in [1.165, 1.54) is 0 Å². The fourth-order valence-corrected chi connectivity index (χ4v) is 1.65. The van der Waals surface area contributed by atoms with Crippen LogP contribution in [0.4, 0.5) is 0 Å². The van der Waals surface area contributed by atoms with E-state index in [1.54, 1.807) is 0 Å². The van der Waals surface area contributed by atoms with Gasteiger partial charge in [0.2, 0.25) is 0 Å². The van der Waals surface area contributed by atoms with Gasteiger partial charge in [0.25, 0.3) is 0 Å². The van der Waals surface area contributed by atoms with Crippen LogP contribution in [0.1, 0.15) is 19.3 Å². The second-order valence-electron chi connectivity index (χ2n) is 3.22. The molecule has 0 bridgehead atoms. The van der Waals surface area contributed by atoms with E-state index in [0.29, 0.717) is 0 Å². The molecule has 0 aromatic heterocycles. The molecule has 0 N–H and O–H groups in total. The molecule has 1 aliphatic carbocycles. The second-order valence-corrected chi connectivity index (χ2v) is 3.60. The summed E-state index contributed by atoms with van der Waals surface area (Å²) in [4.78, 5) is 0. The van der Waals surface area contributed by atoms with Crippen LogP contribution < -0.4 is 0 Å². The first-order valence-corrected chi connectivity index (χ1v) is 4.90. The van der Waals surface area contributed by atoms with Gasteiger partial charge in [0, 0.05) is 11.3 Å². The van der Waals surface area contributed by atoms with Crippen molar-refractivity contribution in [2.24, 2.45) is 5.41 Å². The van der Waals surface area contributed by atoms with Crippen molar-refractivity contribution in [3.05, 3.63) is 37.0 Å². The van der Waals surface area contributed by atoms with Crippen LogP contribution in [0.3, 0.4) is 0 Å². The van der Waals surface area contributed by atoms with Gasteiger partial charge in [-0.2, -0.15) is 0 Å². The minimum Gasteiger partial charge on any atom is -0.127 e. The second kappa shape index (κ2) is 4.51. The smallest absolute Gasteiger partial charge is 0.0223 e. The van der Waals surface area contributed by atoms with Gasteiger partial charge in [-0.15, -0.1) is 18.2 Å². The van der Waals surface area contributed by atoms with Crippen LogP contribution in [0.2, 0.25) is 0 Å². The summed E-state index contributed by atoms with van der Waals surface area (Å²) in [6, 6.07) is 0. The summed E-state index contributed by atoms with van der Waals surface area (Å²) >= 11 is 5.66. The predicted molar refractivity (Wildman–Crippen MR) is 55.5 cm³/mol. The molecule has 0 saturated carbocycles. The van der Waals surface area contributed by atoms with E-state index in [-0.39, 0.29) is 5.41 Å². The third-order valence-electron chi connectivity index (χ3n) is 2.36. The fraction of sp³-hybridized carbons (Fsp3) is 0.455. The highest BCUT2D eigenvalue weighted by Crippen LogP contribution is 2.34. The number of alkyl halides is 1. The summed E-state index contributed by atoms with van der Waals surface area (Å²) in [5.74, 6) is 0.743. The van der Waals surface area contributed by atoms with Crippen LogP contribution in [0.5, 0.6) is 0 Å². The van der Waals surface area contributed by atoms with Gasteiger partial charge in [-0.1, -0.05) is 30.4 Å². The topological polar surface area (TPSA) is 0 Å². The summed E-state index contributed by atoms with van der Waals surface area (Å²) in [6.45, 7) is 3.88. The Balaban J connectivity index is 2.57. The number of hydrogen-bond donors (Lipinski definition) is 0. The lowest BCUT2D eigenvalue weighted by molar-refractivity contribution is 0.448. The van der Waals surface area contributed by atoms with Gasteiger partial charge in [0.15, 0.2) is 0 Å². The Bertz CT molecular complexity index is 203. The highest BCUT2D eigenvalue weighted by Gasteiger charge is 2.21. The normalized spacial score (nSPS) is 27.4. The quantitative estimate of drug-likeness (QED) is 0.460.